The molecule has 0 spiro atoms. The lowest BCUT2D eigenvalue weighted by atomic mass is 9.86. The van der Waals surface area contributed by atoms with Gasteiger partial charge in [0.15, 0.2) is 0 Å². The zero-order valence-corrected chi connectivity index (χ0v) is 13.5. The molecule has 1 aliphatic carbocycles. The van der Waals surface area contributed by atoms with Gasteiger partial charge in [0, 0.05) is 23.7 Å². The minimum Gasteiger partial charge on any atom is -0.478 e. The summed E-state index contributed by atoms with van der Waals surface area (Å²) < 4.78 is 5.59. The summed E-state index contributed by atoms with van der Waals surface area (Å²) in [6, 6.07) is 2.02. The van der Waals surface area contributed by atoms with Crippen molar-refractivity contribution >= 4 is 11.9 Å². The van der Waals surface area contributed by atoms with E-state index in [1.807, 2.05) is 6.92 Å². The van der Waals surface area contributed by atoms with Gasteiger partial charge in [-0.2, -0.15) is 4.98 Å². The number of carbonyl (C=O) groups is 1. The minimum atomic E-state index is -0.0167. The molecule has 1 fully saturated rings. The maximum atomic E-state index is 12.3. The second kappa shape index (κ2) is 8.08. The third-order valence-electron chi connectivity index (χ3n) is 3.96. The average molecular weight is 306 g/mol. The van der Waals surface area contributed by atoms with Crippen molar-refractivity contribution in [3.8, 4) is 5.88 Å². The number of hydrogen-bond acceptors (Lipinski definition) is 5. The van der Waals surface area contributed by atoms with Crippen molar-refractivity contribution in [3.05, 3.63) is 11.8 Å². The molecule has 3 N–H and O–H groups in total. The Morgan fingerprint density at radius 3 is 2.77 bits per heavy atom. The molecular weight excluding hydrogens is 280 g/mol. The third-order valence-corrected chi connectivity index (χ3v) is 3.96. The van der Waals surface area contributed by atoms with Crippen LogP contribution in [-0.2, 0) is 4.79 Å². The molecule has 0 atom stereocenters. The number of hydrogen-bond donors (Lipinski definition) is 2. The van der Waals surface area contributed by atoms with Crippen molar-refractivity contribution in [1.82, 2.24) is 9.97 Å². The number of carbonyl (C=O) groups excluding carboxylic acids is 1. The topological polar surface area (TPSA) is 90.1 Å². The Bertz CT molecular complexity index is 499. The van der Waals surface area contributed by atoms with Gasteiger partial charge < -0.3 is 10.5 Å². The number of unbranched alkanes of at least 4 members (excludes halogenated alkanes) is 1. The van der Waals surface area contributed by atoms with Crippen LogP contribution in [0.2, 0.25) is 0 Å². The molecule has 1 amide bonds. The first-order chi connectivity index (χ1) is 10.6. The molecule has 2 rings (SSSR count). The normalized spacial score (nSPS) is 21.4. The van der Waals surface area contributed by atoms with Crippen LogP contribution in [0.25, 0.3) is 0 Å². The number of nitrogens with zero attached hydrogens (tertiary/aromatic N) is 2. The summed E-state index contributed by atoms with van der Waals surface area (Å²) in [4.78, 5) is 20.8. The van der Waals surface area contributed by atoms with Crippen LogP contribution < -0.4 is 15.8 Å². The predicted molar refractivity (Wildman–Crippen MR) is 85.7 cm³/mol. The molecule has 1 aromatic rings. The number of nitrogens with two attached hydrogens (primary N) is 1. The van der Waals surface area contributed by atoms with Crippen molar-refractivity contribution in [2.24, 2.45) is 11.7 Å². The van der Waals surface area contributed by atoms with Crippen molar-refractivity contribution in [2.75, 3.05) is 11.9 Å². The highest BCUT2D eigenvalue weighted by atomic mass is 16.5. The molecule has 0 aliphatic heterocycles. The first-order valence-electron chi connectivity index (χ1n) is 8.13. The SMILES string of the molecule is CCCCOc1cc(C)nc(NC(=O)C2CCC(N)CC2)n1. The van der Waals surface area contributed by atoms with Crippen LogP contribution in [0, 0.1) is 12.8 Å². The van der Waals surface area contributed by atoms with E-state index >= 15 is 0 Å². The number of aromatic nitrogens is 2. The third kappa shape index (κ3) is 4.94. The fourth-order valence-corrected chi connectivity index (χ4v) is 2.58. The first-order valence-corrected chi connectivity index (χ1v) is 8.13. The monoisotopic (exact) mass is 306 g/mol. The van der Waals surface area contributed by atoms with Gasteiger partial charge in [-0.05, 0) is 39.0 Å². The number of rotatable bonds is 6. The van der Waals surface area contributed by atoms with Gasteiger partial charge >= 0.3 is 0 Å². The van der Waals surface area contributed by atoms with E-state index < -0.39 is 0 Å². The number of aryl methyl sites for hydroxylation is 1. The molecule has 122 valence electrons. The van der Waals surface area contributed by atoms with E-state index in [0.29, 0.717) is 18.4 Å². The summed E-state index contributed by atoms with van der Waals surface area (Å²) in [6.45, 7) is 4.60. The largest absolute Gasteiger partial charge is 0.478 e. The summed E-state index contributed by atoms with van der Waals surface area (Å²) in [5, 5.41) is 2.82. The van der Waals surface area contributed by atoms with Crippen LogP contribution in [0.1, 0.15) is 51.1 Å². The van der Waals surface area contributed by atoms with Crippen LogP contribution in [0.3, 0.4) is 0 Å². The van der Waals surface area contributed by atoms with Gasteiger partial charge in [0.05, 0.1) is 6.61 Å². The Hall–Kier alpha value is -1.69. The molecule has 0 radical (unpaired) electrons. The molecule has 6 heteroatoms. The Labute approximate surface area is 131 Å². The van der Waals surface area contributed by atoms with Gasteiger partial charge in [0.2, 0.25) is 17.7 Å². The Morgan fingerprint density at radius 2 is 2.09 bits per heavy atom. The van der Waals surface area contributed by atoms with Gasteiger partial charge in [-0.1, -0.05) is 13.3 Å². The molecule has 1 heterocycles. The molecule has 0 aromatic carbocycles. The fraction of sp³-hybridized carbons (Fsp3) is 0.688. The van der Waals surface area contributed by atoms with Crippen molar-refractivity contribution < 1.29 is 9.53 Å². The maximum Gasteiger partial charge on any atom is 0.232 e. The summed E-state index contributed by atoms with van der Waals surface area (Å²) in [6.07, 6.45) is 5.51. The number of nitrogens with one attached hydrogen (secondary N) is 1. The highest BCUT2D eigenvalue weighted by Crippen LogP contribution is 2.24. The van der Waals surface area contributed by atoms with Crippen molar-refractivity contribution in [2.45, 2.75) is 58.4 Å². The zero-order chi connectivity index (χ0) is 15.9. The Kier molecular flexibility index (Phi) is 6.12. The molecule has 0 unspecified atom stereocenters. The van der Waals surface area contributed by atoms with Crippen LogP contribution >= 0.6 is 0 Å². The lowest BCUT2D eigenvalue weighted by Gasteiger charge is -2.24. The van der Waals surface area contributed by atoms with E-state index in [9.17, 15) is 4.79 Å². The van der Waals surface area contributed by atoms with Crippen LogP contribution in [0.15, 0.2) is 6.07 Å². The van der Waals surface area contributed by atoms with E-state index in [1.165, 1.54) is 0 Å². The number of anilines is 1. The van der Waals surface area contributed by atoms with Crippen molar-refractivity contribution in [1.29, 1.82) is 0 Å². The zero-order valence-electron chi connectivity index (χ0n) is 13.5. The standard InChI is InChI=1S/C16H26N4O2/c1-3-4-9-22-14-10-11(2)18-16(19-14)20-15(21)12-5-7-13(17)8-6-12/h10,12-13H,3-9,17H2,1-2H3,(H,18,19,20,21). The highest BCUT2D eigenvalue weighted by molar-refractivity contribution is 5.91. The molecule has 22 heavy (non-hydrogen) atoms. The summed E-state index contributed by atoms with van der Waals surface area (Å²) in [7, 11) is 0. The molecule has 1 aliphatic rings. The molecule has 0 bridgehead atoms. The number of ether oxygens (including phenoxy) is 1. The Balaban J connectivity index is 1.95. The van der Waals surface area contributed by atoms with Crippen LogP contribution in [0.4, 0.5) is 5.95 Å². The van der Waals surface area contributed by atoms with E-state index in [4.69, 9.17) is 10.5 Å². The molecular formula is C16H26N4O2. The van der Waals surface area contributed by atoms with Crippen molar-refractivity contribution in [3.63, 3.8) is 0 Å². The maximum absolute atomic E-state index is 12.3. The second-order valence-electron chi connectivity index (χ2n) is 5.97. The highest BCUT2D eigenvalue weighted by Gasteiger charge is 2.25. The predicted octanol–water partition coefficient (Wildman–Crippen LogP) is 2.42. The number of amides is 1. The van der Waals surface area contributed by atoms with E-state index in [1.54, 1.807) is 6.07 Å². The lowest BCUT2D eigenvalue weighted by Crippen LogP contribution is -2.32. The van der Waals surface area contributed by atoms with Crippen LogP contribution in [-0.4, -0.2) is 28.5 Å². The molecule has 6 nitrogen and oxygen atoms in total. The average Bonchev–Trinajstić information content (AvgIpc) is 2.47. The van der Waals surface area contributed by atoms with Gasteiger partial charge in [-0.15, -0.1) is 0 Å². The van der Waals surface area contributed by atoms with E-state index in [-0.39, 0.29) is 17.9 Å². The van der Waals surface area contributed by atoms with E-state index in [2.05, 4.69) is 22.2 Å². The lowest BCUT2D eigenvalue weighted by molar-refractivity contribution is -0.120. The van der Waals surface area contributed by atoms with Crippen LogP contribution in [0.5, 0.6) is 5.88 Å². The quantitative estimate of drug-likeness (QED) is 0.788. The summed E-state index contributed by atoms with van der Waals surface area (Å²) in [5.41, 5.74) is 6.65. The second-order valence-corrected chi connectivity index (χ2v) is 5.97. The minimum absolute atomic E-state index is 0.00775. The molecule has 1 aromatic heterocycles. The molecule has 0 saturated heterocycles. The van der Waals surface area contributed by atoms with Gasteiger partial charge in [0.1, 0.15) is 0 Å². The van der Waals surface area contributed by atoms with E-state index in [0.717, 1.165) is 44.2 Å². The summed E-state index contributed by atoms with van der Waals surface area (Å²) in [5.74, 6) is 0.832. The van der Waals surface area contributed by atoms with Gasteiger partial charge in [0.25, 0.3) is 0 Å². The molecule has 1 saturated carbocycles. The first kappa shape index (κ1) is 16.7. The summed E-state index contributed by atoms with van der Waals surface area (Å²) >= 11 is 0. The smallest absolute Gasteiger partial charge is 0.232 e. The van der Waals surface area contributed by atoms with Gasteiger partial charge in [-0.25, -0.2) is 4.98 Å². The fourth-order valence-electron chi connectivity index (χ4n) is 2.58. The van der Waals surface area contributed by atoms with Gasteiger partial charge in [-0.3, -0.25) is 10.1 Å². The Morgan fingerprint density at radius 1 is 1.36 bits per heavy atom.